The van der Waals surface area contributed by atoms with Crippen molar-refractivity contribution in [1.82, 2.24) is 15.2 Å². The van der Waals surface area contributed by atoms with Crippen molar-refractivity contribution >= 4 is 28.6 Å². The van der Waals surface area contributed by atoms with Crippen molar-refractivity contribution in [2.75, 3.05) is 19.6 Å². The van der Waals surface area contributed by atoms with Crippen LogP contribution in [0.15, 0.2) is 47.2 Å². The van der Waals surface area contributed by atoms with E-state index in [1.54, 1.807) is 16.7 Å². The van der Waals surface area contributed by atoms with Crippen molar-refractivity contribution in [3.05, 3.63) is 63.3 Å². The van der Waals surface area contributed by atoms with Crippen molar-refractivity contribution in [3.8, 4) is 10.6 Å². The lowest BCUT2D eigenvalue weighted by Crippen LogP contribution is -2.40. The fourth-order valence-electron chi connectivity index (χ4n) is 3.89. The number of carbonyl (C=O) groups excluding carboxylic acids is 1. The third-order valence-electron chi connectivity index (χ3n) is 5.50. The number of benzene rings is 1. The van der Waals surface area contributed by atoms with Crippen LogP contribution >= 0.6 is 22.7 Å². The van der Waals surface area contributed by atoms with E-state index in [0.29, 0.717) is 28.7 Å². The Balaban J connectivity index is 1.25. The monoisotopic (exact) mass is 479 g/mol. The second kappa shape index (κ2) is 10.1. The number of likely N-dealkylation sites (tertiary alicyclic amines) is 1. The van der Waals surface area contributed by atoms with Crippen LogP contribution in [0.5, 0.6) is 0 Å². The maximum absolute atomic E-state index is 12.7. The van der Waals surface area contributed by atoms with Gasteiger partial charge in [-0.2, -0.15) is 13.2 Å². The van der Waals surface area contributed by atoms with Crippen LogP contribution in [0.4, 0.5) is 13.2 Å². The van der Waals surface area contributed by atoms with Gasteiger partial charge in [-0.15, -0.1) is 22.7 Å². The first-order valence-corrected chi connectivity index (χ1v) is 12.3. The molecule has 4 nitrogen and oxygen atoms in total. The van der Waals surface area contributed by atoms with Gasteiger partial charge in [0.1, 0.15) is 5.01 Å². The molecule has 1 unspecified atom stereocenters. The molecule has 1 fully saturated rings. The fourth-order valence-corrected chi connectivity index (χ4v) is 5.46. The molecular weight excluding hydrogens is 455 g/mol. The van der Waals surface area contributed by atoms with Crippen molar-refractivity contribution in [2.24, 2.45) is 5.92 Å². The van der Waals surface area contributed by atoms with E-state index in [1.165, 1.54) is 28.3 Å². The van der Waals surface area contributed by atoms with Gasteiger partial charge in [0.15, 0.2) is 0 Å². The highest BCUT2D eigenvalue weighted by molar-refractivity contribution is 7.13. The molecule has 4 rings (SSSR count). The molecule has 0 radical (unpaired) electrons. The predicted octanol–water partition coefficient (Wildman–Crippen LogP) is 5.46. The first-order chi connectivity index (χ1) is 15.4. The van der Waals surface area contributed by atoms with E-state index in [1.807, 2.05) is 0 Å². The SMILES string of the molecule is O=C(Cc1csc(-c2ccc(C(F)(F)F)cc2)n1)NCC1CCCN(Cc2cccs2)C1. The van der Waals surface area contributed by atoms with Gasteiger partial charge in [0, 0.05) is 35.5 Å². The highest BCUT2D eigenvalue weighted by Gasteiger charge is 2.30. The molecule has 1 aliphatic rings. The zero-order chi connectivity index (χ0) is 22.6. The molecule has 2 aromatic heterocycles. The Labute approximate surface area is 193 Å². The fraction of sp³-hybridized carbons (Fsp3) is 0.391. The lowest BCUT2D eigenvalue weighted by atomic mass is 9.98. The van der Waals surface area contributed by atoms with E-state index in [-0.39, 0.29) is 12.3 Å². The van der Waals surface area contributed by atoms with Crippen LogP contribution in [0, 0.1) is 5.92 Å². The number of piperidine rings is 1. The van der Waals surface area contributed by atoms with Gasteiger partial charge >= 0.3 is 6.18 Å². The summed E-state index contributed by atoms with van der Waals surface area (Å²) in [5, 5.41) is 7.52. The van der Waals surface area contributed by atoms with Gasteiger partial charge in [0.2, 0.25) is 5.91 Å². The summed E-state index contributed by atoms with van der Waals surface area (Å²) in [7, 11) is 0. The molecule has 170 valence electrons. The number of hydrogen-bond donors (Lipinski definition) is 1. The molecule has 3 heterocycles. The number of nitrogens with one attached hydrogen (secondary N) is 1. The summed E-state index contributed by atoms with van der Waals surface area (Å²) in [4.78, 5) is 20.7. The Kier molecular flexibility index (Phi) is 7.27. The Bertz CT molecular complexity index is 1020. The van der Waals surface area contributed by atoms with Gasteiger partial charge in [-0.05, 0) is 48.9 Å². The predicted molar refractivity (Wildman–Crippen MR) is 122 cm³/mol. The van der Waals surface area contributed by atoms with Gasteiger partial charge in [-0.3, -0.25) is 9.69 Å². The third kappa shape index (κ3) is 6.17. The minimum Gasteiger partial charge on any atom is -0.355 e. The van der Waals surface area contributed by atoms with Crippen LogP contribution in [-0.2, 0) is 23.9 Å². The summed E-state index contributed by atoms with van der Waals surface area (Å²) in [5.74, 6) is 0.357. The van der Waals surface area contributed by atoms with Gasteiger partial charge < -0.3 is 5.32 Å². The quantitative estimate of drug-likeness (QED) is 0.489. The second-order valence-corrected chi connectivity index (χ2v) is 9.91. The molecule has 1 N–H and O–H groups in total. The van der Waals surface area contributed by atoms with Gasteiger partial charge in [-0.1, -0.05) is 18.2 Å². The number of hydrogen-bond acceptors (Lipinski definition) is 5. The molecule has 9 heteroatoms. The summed E-state index contributed by atoms with van der Waals surface area (Å²) in [6.45, 7) is 3.68. The number of thiazole rings is 1. The van der Waals surface area contributed by atoms with E-state index < -0.39 is 11.7 Å². The lowest BCUT2D eigenvalue weighted by Gasteiger charge is -2.32. The van der Waals surface area contributed by atoms with Crippen molar-refractivity contribution in [1.29, 1.82) is 0 Å². The number of aromatic nitrogens is 1. The lowest BCUT2D eigenvalue weighted by molar-refractivity contribution is -0.137. The standard InChI is InChI=1S/C23H24F3N3OS2/c24-23(25,26)18-7-5-17(6-8-18)22-28-19(15-32-22)11-21(30)27-12-16-3-1-9-29(13-16)14-20-4-2-10-31-20/h2,4-8,10,15-16H,1,3,9,11-14H2,(H,27,30). The number of nitrogens with zero attached hydrogens (tertiary/aromatic N) is 2. The molecule has 1 atom stereocenters. The number of alkyl halides is 3. The highest BCUT2D eigenvalue weighted by atomic mass is 32.1. The van der Waals surface area contributed by atoms with Crippen LogP contribution in [0.1, 0.15) is 29.0 Å². The summed E-state index contributed by atoms with van der Waals surface area (Å²) in [6.07, 6.45) is -1.95. The minimum absolute atomic E-state index is 0.0790. The second-order valence-electron chi connectivity index (χ2n) is 8.02. The smallest absolute Gasteiger partial charge is 0.355 e. The van der Waals surface area contributed by atoms with Gasteiger partial charge in [0.05, 0.1) is 17.7 Å². The summed E-state index contributed by atoms with van der Waals surface area (Å²) in [5.41, 5.74) is 0.558. The van der Waals surface area contributed by atoms with Crippen LogP contribution in [0.25, 0.3) is 10.6 Å². The number of amides is 1. The minimum atomic E-state index is -4.36. The highest BCUT2D eigenvalue weighted by Crippen LogP contribution is 2.31. The van der Waals surface area contributed by atoms with E-state index in [4.69, 9.17) is 0 Å². The number of rotatable bonds is 7. The molecule has 0 bridgehead atoms. The van der Waals surface area contributed by atoms with Gasteiger partial charge in [0.25, 0.3) is 0 Å². The third-order valence-corrected chi connectivity index (χ3v) is 7.30. The first-order valence-electron chi connectivity index (χ1n) is 10.5. The summed E-state index contributed by atoms with van der Waals surface area (Å²) >= 11 is 3.10. The summed E-state index contributed by atoms with van der Waals surface area (Å²) < 4.78 is 38.2. The number of halogens is 3. The van der Waals surface area contributed by atoms with E-state index in [0.717, 1.165) is 44.6 Å². The van der Waals surface area contributed by atoms with Crippen LogP contribution in [0.2, 0.25) is 0 Å². The number of carbonyl (C=O) groups is 1. The molecule has 3 aromatic rings. The Hall–Kier alpha value is -2.23. The van der Waals surface area contributed by atoms with Gasteiger partial charge in [-0.25, -0.2) is 4.98 Å². The molecule has 0 aliphatic carbocycles. The van der Waals surface area contributed by atoms with E-state index in [2.05, 4.69) is 32.7 Å². The Morgan fingerprint density at radius 1 is 1.19 bits per heavy atom. The number of thiophene rings is 1. The van der Waals surface area contributed by atoms with Crippen molar-refractivity contribution < 1.29 is 18.0 Å². The molecule has 1 aliphatic heterocycles. The van der Waals surface area contributed by atoms with Crippen molar-refractivity contribution in [2.45, 2.75) is 32.0 Å². The first kappa shape index (κ1) is 22.9. The molecule has 1 aromatic carbocycles. The average molecular weight is 480 g/mol. The molecule has 1 saturated heterocycles. The molecular formula is C23H24F3N3OS2. The molecule has 0 spiro atoms. The zero-order valence-corrected chi connectivity index (χ0v) is 19.0. The largest absolute Gasteiger partial charge is 0.416 e. The Morgan fingerprint density at radius 2 is 2.00 bits per heavy atom. The van der Waals surface area contributed by atoms with Crippen LogP contribution in [-0.4, -0.2) is 35.4 Å². The maximum atomic E-state index is 12.7. The normalized spacial score (nSPS) is 17.4. The van der Waals surface area contributed by atoms with Crippen LogP contribution in [0.3, 0.4) is 0 Å². The summed E-state index contributed by atoms with van der Waals surface area (Å²) in [6, 6.07) is 9.16. The molecule has 32 heavy (non-hydrogen) atoms. The molecule has 1 amide bonds. The Morgan fingerprint density at radius 3 is 2.72 bits per heavy atom. The van der Waals surface area contributed by atoms with E-state index >= 15 is 0 Å². The topological polar surface area (TPSA) is 45.2 Å². The zero-order valence-electron chi connectivity index (χ0n) is 17.4. The van der Waals surface area contributed by atoms with Crippen LogP contribution < -0.4 is 5.32 Å². The van der Waals surface area contributed by atoms with Crippen molar-refractivity contribution in [3.63, 3.8) is 0 Å². The molecule has 0 saturated carbocycles. The maximum Gasteiger partial charge on any atom is 0.416 e. The average Bonchev–Trinajstić information content (AvgIpc) is 3.44. The van der Waals surface area contributed by atoms with E-state index in [9.17, 15) is 18.0 Å².